The standard InChI is InChI=1S/C18H31Cl2N5/c1-4-21-18(23-13-15-12-16(19)17(20)24(15)3)22-9-6-14-7-10-25(5-2)11-8-14/h12,14H,4-11,13H2,1-3H3,(H2,21,22,23). The maximum atomic E-state index is 6.11. The van der Waals surface area contributed by atoms with Gasteiger partial charge in [-0.05, 0) is 57.8 Å². The van der Waals surface area contributed by atoms with Gasteiger partial charge in [0.25, 0.3) is 0 Å². The maximum Gasteiger partial charge on any atom is 0.191 e. The molecule has 0 bridgehead atoms. The summed E-state index contributed by atoms with van der Waals surface area (Å²) >= 11 is 12.2. The smallest absolute Gasteiger partial charge is 0.191 e. The topological polar surface area (TPSA) is 44.6 Å². The van der Waals surface area contributed by atoms with Gasteiger partial charge in [-0.1, -0.05) is 30.1 Å². The molecule has 0 aliphatic carbocycles. The van der Waals surface area contributed by atoms with Gasteiger partial charge in [-0.2, -0.15) is 0 Å². The van der Waals surface area contributed by atoms with Gasteiger partial charge in [-0.25, -0.2) is 4.99 Å². The van der Waals surface area contributed by atoms with Crippen LogP contribution >= 0.6 is 23.2 Å². The van der Waals surface area contributed by atoms with E-state index >= 15 is 0 Å². The molecule has 0 spiro atoms. The van der Waals surface area contributed by atoms with E-state index in [4.69, 9.17) is 23.2 Å². The molecule has 0 atom stereocenters. The van der Waals surface area contributed by atoms with Crippen molar-refractivity contribution in [3.05, 3.63) is 21.9 Å². The highest BCUT2D eigenvalue weighted by atomic mass is 35.5. The summed E-state index contributed by atoms with van der Waals surface area (Å²) < 4.78 is 1.87. The van der Waals surface area contributed by atoms with E-state index in [1.54, 1.807) is 0 Å². The lowest BCUT2D eigenvalue weighted by molar-refractivity contribution is 0.187. The van der Waals surface area contributed by atoms with Gasteiger partial charge < -0.3 is 20.1 Å². The molecule has 0 unspecified atom stereocenters. The Morgan fingerprint density at radius 3 is 2.52 bits per heavy atom. The van der Waals surface area contributed by atoms with Gasteiger partial charge in [-0.15, -0.1) is 0 Å². The minimum absolute atomic E-state index is 0.549. The third kappa shape index (κ3) is 6.08. The van der Waals surface area contributed by atoms with E-state index in [0.717, 1.165) is 30.7 Å². The molecule has 1 aromatic rings. The van der Waals surface area contributed by atoms with Crippen molar-refractivity contribution in [3.8, 4) is 0 Å². The predicted molar refractivity (Wildman–Crippen MR) is 108 cm³/mol. The fourth-order valence-electron chi connectivity index (χ4n) is 3.23. The van der Waals surface area contributed by atoms with E-state index in [9.17, 15) is 0 Å². The Kier molecular flexibility index (Phi) is 8.40. The molecule has 2 rings (SSSR count). The van der Waals surface area contributed by atoms with Crippen LogP contribution in [0, 0.1) is 5.92 Å². The molecule has 2 N–H and O–H groups in total. The Bertz CT molecular complexity index is 562. The number of nitrogens with zero attached hydrogens (tertiary/aromatic N) is 3. The van der Waals surface area contributed by atoms with E-state index in [2.05, 4.69) is 34.4 Å². The van der Waals surface area contributed by atoms with Gasteiger partial charge in [-0.3, -0.25) is 0 Å². The quantitative estimate of drug-likeness (QED) is 0.555. The van der Waals surface area contributed by atoms with Crippen LogP contribution in [0.15, 0.2) is 11.1 Å². The number of hydrogen-bond acceptors (Lipinski definition) is 2. The number of aromatic nitrogens is 1. The average molecular weight is 388 g/mol. The van der Waals surface area contributed by atoms with Crippen molar-refractivity contribution in [3.63, 3.8) is 0 Å². The number of piperidine rings is 1. The maximum absolute atomic E-state index is 6.11. The van der Waals surface area contributed by atoms with Gasteiger partial charge in [0.15, 0.2) is 5.96 Å². The lowest BCUT2D eigenvalue weighted by Crippen LogP contribution is -2.39. The number of likely N-dealkylation sites (tertiary alicyclic amines) is 1. The Morgan fingerprint density at radius 1 is 1.24 bits per heavy atom. The van der Waals surface area contributed by atoms with Crippen molar-refractivity contribution in [2.45, 2.75) is 39.7 Å². The molecule has 25 heavy (non-hydrogen) atoms. The molecule has 5 nitrogen and oxygen atoms in total. The third-order valence-electron chi connectivity index (χ3n) is 4.96. The molecular weight excluding hydrogens is 357 g/mol. The second kappa shape index (κ2) is 10.3. The zero-order valence-electron chi connectivity index (χ0n) is 15.6. The lowest BCUT2D eigenvalue weighted by Gasteiger charge is -2.31. The van der Waals surface area contributed by atoms with Crippen molar-refractivity contribution in [1.82, 2.24) is 20.1 Å². The van der Waals surface area contributed by atoms with Gasteiger partial charge in [0.1, 0.15) is 5.15 Å². The minimum Gasteiger partial charge on any atom is -0.357 e. The number of halogens is 2. The summed E-state index contributed by atoms with van der Waals surface area (Å²) in [5.74, 6) is 1.67. The number of nitrogens with one attached hydrogen (secondary N) is 2. The Morgan fingerprint density at radius 2 is 1.96 bits per heavy atom. The van der Waals surface area contributed by atoms with Crippen LogP contribution in [0.2, 0.25) is 10.2 Å². The molecule has 0 radical (unpaired) electrons. The van der Waals surface area contributed by atoms with Crippen molar-refractivity contribution >= 4 is 29.2 Å². The van der Waals surface area contributed by atoms with Crippen LogP contribution in [0.1, 0.15) is 38.8 Å². The van der Waals surface area contributed by atoms with Crippen LogP contribution in [0.25, 0.3) is 0 Å². The summed E-state index contributed by atoms with van der Waals surface area (Å²) in [5, 5.41) is 7.89. The third-order valence-corrected chi connectivity index (χ3v) is 5.80. The Balaban J connectivity index is 1.80. The SMILES string of the molecule is CCNC(=NCc1cc(Cl)c(Cl)n1C)NCCC1CCN(CC)CC1. The lowest BCUT2D eigenvalue weighted by atomic mass is 9.93. The molecule has 1 aromatic heterocycles. The summed E-state index contributed by atoms with van der Waals surface area (Å²) in [7, 11) is 1.90. The molecule has 0 aromatic carbocycles. The van der Waals surface area contributed by atoms with E-state index in [-0.39, 0.29) is 0 Å². The van der Waals surface area contributed by atoms with Crippen LogP contribution in [0.3, 0.4) is 0 Å². The number of guanidine groups is 1. The molecule has 1 fully saturated rings. The van der Waals surface area contributed by atoms with Crippen LogP contribution in [0.4, 0.5) is 0 Å². The zero-order chi connectivity index (χ0) is 18.2. The number of rotatable bonds is 7. The van der Waals surface area contributed by atoms with Crippen LogP contribution in [-0.4, -0.2) is 48.2 Å². The highest BCUT2D eigenvalue weighted by Gasteiger charge is 2.17. The number of hydrogen-bond donors (Lipinski definition) is 2. The molecule has 142 valence electrons. The molecule has 1 saturated heterocycles. The summed E-state index contributed by atoms with van der Waals surface area (Å²) in [6.45, 7) is 10.3. The summed E-state index contributed by atoms with van der Waals surface area (Å²) in [6, 6.07) is 1.87. The van der Waals surface area contributed by atoms with E-state index in [1.165, 1.54) is 38.9 Å². The second-order valence-corrected chi connectivity index (χ2v) is 7.39. The van der Waals surface area contributed by atoms with Gasteiger partial charge >= 0.3 is 0 Å². The molecule has 0 amide bonds. The molecule has 1 aliphatic heterocycles. The van der Waals surface area contributed by atoms with Crippen LogP contribution < -0.4 is 10.6 Å². The molecule has 2 heterocycles. The van der Waals surface area contributed by atoms with E-state index < -0.39 is 0 Å². The first-order valence-electron chi connectivity index (χ1n) is 9.29. The predicted octanol–water partition coefficient (Wildman–Crippen LogP) is 3.51. The van der Waals surface area contributed by atoms with Gasteiger partial charge in [0.05, 0.1) is 11.6 Å². The number of aliphatic imine (C=N–C) groups is 1. The molecule has 1 aliphatic rings. The normalized spacial score (nSPS) is 17.1. The fraction of sp³-hybridized carbons (Fsp3) is 0.722. The summed E-state index contributed by atoms with van der Waals surface area (Å²) in [4.78, 5) is 7.19. The zero-order valence-corrected chi connectivity index (χ0v) is 17.1. The van der Waals surface area contributed by atoms with Gasteiger partial charge in [0.2, 0.25) is 0 Å². The van der Waals surface area contributed by atoms with Crippen LogP contribution in [-0.2, 0) is 13.6 Å². The highest BCUT2D eigenvalue weighted by molar-refractivity contribution is 6.41. The van der Waals surface area contributed by atoms with Crippen molar-refractivity contribution in [1.29, 1.82) is 0 Å². The fourth-order valence-corrected chi connectivity index (χ4v) is 3.64. The van der Waals surface area contributed by atoms with Crippen molar-refractivity contribution < 1.29 is 0 Å². The second-order valence-electron chi connectivity index (χ2n) is 6.62. The highest BCUT2D eigenvalue weighted by Crippen LogP contribution is 2.25. The van der Waals surface area contributed by atoms with Crippen LogP contribution in [0.5, 0.6) is 0 Å². The van der Waals surface area contributed by atoms with E-state index in [0.29, 0.717) is 16.7 Å². The molecule has 0 saturated carbocycles. The molecular formula is C18H31Cl2N5. The summed E-state index contributed by atoms with van der Waals surface area (Å²) in [5.41, 5.74) is 0.999. The minimum atomic E-state index is 0.549. The Hall–Kier alpha value is -0.910. The first-order valence-corrected chi connectivity index (χ1v) is 10.0. The van der Waals surface area contributed by atoms with E-state index in [1.807, 2.05) is 17.7 Å². The Labute approximate surface area is 161 Å². The van der Waals surface area contributed by atoms with Crippen molar-refractivity contribution in [2.75, 3.05) is 32.7 Å². The first kappa shape index (κ1) is 20.4. The van der Waals surface area contributed by atoms with Crippen molar-refractivity contribution in [2.24, 2.45) is 18.0 Å². The van der Waals surface area contributed by atoms with Gasteiger partial charge in [0, 0.05) is 25.8 Å². The largest absolute Gasteiger partial charge is 0.357 e. The monoisotopic (exact) mass is 387 g/mol. The summed E-state index contributed by atoms with van der Waals surface area (Å²) in [6.07, 6.45) is 3.82. The first-order chi connectivity index (χ1) is 12.0. The molecule has 7 heteroatoms. The average Bonchev–Trinajstić information content (AvgIpc) is 2.87.